The zero-order chi connectivity index (χ0) is 19.8. The summed E-state index contributed by atoms with van der Waals surface area (Å²) >= 11 is 0. The Morgan fingerprint density at radius 1 is 1.00 bits per heavy atom. The van der Waals surface area contributed by atoms with E-state index >= 15 is 0 Å². The summed E-state index contributed by atoms with van der Waals surface area (Å²) in [6.07, 6.45) is 6.45. The highest BCUT2D eigenvalue weighted by molar-refractivity contribution is 5.91. The first-order valence-corrected chi connectivity index (χ1v) is 8.73. The van der Waals surface area contributed by atoms with Crippen LogP contribution >= 0.6 is 0 Å². The minimum absolute atomic E-state index is 0.123. The quantitative estimate of drug-likeness (QED) is 0.503. The van der Waals surface area contributed by atoms with Gasteiger partial charge in [-0.05, 0) is 18.2 Å². The van der Waals surface area contributed by atoms with E-state index in [2.05, 4.69) is 30.4 Å². The van der Waals surface area contributed by atoms with Crippen LogP contribution in [0.4, 0.5) is 15.9 Å². The first kappa shape index (κ1) is 17.0. The fourth-order valence-corrected chi connectivity index (χ4v) is 3.02. The Morgan fingerprint density at radius 2 is 1.86 bits per heavy atom. The average molecular weight is 387 g/mol. The Labute approximate surface area is 164 Å². The number of anilines is 2. The summed E-state index contributed by atoms with van der Waals surface area (Å²) in [5, 5.41) is 8.15. The molecular formula is C20H14FN7O. The van der Waals surface area contributed by atoms with Crippen LogP contribution in [0.2, 0.25) is 0 Å². The minimum atomic E-state index is -0.479. The van der Waals surface area contributed by atoms with E-state index in [1.54, 1.807) is 29.3 Å². The van der Waals surface area contributed by atoms with Gasteiger partial charge in [-0.1, -0.05) is 12.1 Å². The van der Waals surface area contributed by atoms with Crippen LogP contribution in [0.3, 0.4) is 0 Å². The molecule has 0 aliphatic rings. The summed E-state index contributed by atoms with van der Waals surface area (Å²) in [5.41, 5.74) is 2.75. The zero-order valence-corrected chi connectivity index (χ0v) is 15.2. The van der Waals surface area contributed by atoms with Crippen molar-refractivity contribution in [1.82, 2.24) is 29.7 Å². The number of hydrogen-bond donors (Lipinski definition) is 1. The summed E-state index contributed by atoms with van der Waals surface area (Å²) in [6.45, 7) is 0. The van der Waals surface area contributed by atoms with E-state index < -0.39 is 5.82 Å². The van der Waals surface area contributed by atoms with Crippen molar-refractivity contribution in [3.63, 3.8) is 0 Å². The Morgan fingerprint density at radius 3 is 2.72 bits per heavy atom. The number of fused-ring (bicyclic) bond motifs is 2. The van der Waals surface area contributed by atoms with E-state index in [9.17, 15) is 4.39 Å². The number of benzene rings is 2. The summed E-state index contributed by atoms with van der Waals surface area (Å²) < 4.78 is 20.6. The molecular weight excluding hydrogens is 373 g/mol. The van der Waals surface area contributed by atoms with Gasteiger partial charge in [0.2, 0.25) is 0 Å². The maximum atomic E-state index is 13.9. The molecule has 0 fully saturated rings. The zero-order valence-electron chi connectivity index (χ0n) is 15.2. The number of nitrogens with one attached hydrogen (secondary N) is 1. The number of methoxy groups -OCH3 is 1. The second-order valence-corrected chi connectivity index (χ2v) is 6.24. The number of nitrogens with zero attached hydrogens (tertiary/aromatic N) is 6. The third kappa shape index (κ3) is 3.08. The number of ether oxygens (including phenoxy) is 1. The third-order valence-electron chi connectivity index (χ3n) is 4.42. The van der Waals surface area contributed by atoms with Gasteiger partial charge in [-0.3, -0.25) is 4.98 Å². The molecule has 2 aromatic carbocycles. The molecule has 29 heavy (non-hydrogen) atoms. The van der Waals surface area contributed by atoms with Crippen LogP contribution < -0.4 is 10.1 Å². The molecule has 0 aliphatic heterocycles. The Balaban J connectivity index is 1.49. The van der Waals surface area contributed by atoms with E-state index in [0.29, 0.717) is 28.2 Å². The van der Waals surface area contributed by atoms with Crippen LogP contribution in [0.15, 0.2) is 61.3 Å². The number of para-hydroxylation sites is 2. The highest BCUT2D eigenvalue weighted by Gasteiger charge is 2.12. The molecule has 9 heteroatoms. The monoisotopic (exact) mass is 387 g/mol. The van der Waals surface area contributed by atoms with Crippen LogP contribution in [0.5, 0.6) is 5.75 Å². The first-order chi connectivity index (χ1) is 14.2. The Bertz CT molecular complexity index is 1350. The molecule has 0 unspecified atom stereocenters. The van der Waals surface area contributed by atoms with Crippen molar-refractivity contribution >= 4 is 33.4 Å². The smallest absolute Gasteiger partial charge is 0.172 e. The topological polar surface area (TPSA) is 90.6 Å². The normalized spacial score (nSPS) is 11.1. The van der Waals surface area contributed by atoms with Crippen molar-refractivity contribution in [2.24, 2.45) is 0 Å². The van der Waals surface area contributed by atoms with E-state index in [4.69, 9.17) is 4.74 Å². The molecule has 0 radical (unpaired) electrons. The molecule has 0 aliphatic carbocycles. The number of hydrogen-bond acceptors (Lipinski definition) is 7. The van der Waals surface area contributed by atoms with Gasteiger partial charge < -0.3 is 10.1 Å². The molecule has 0 saturated heterocycles. The van der Waals surface area contributed by atoms with E-state index in [-0.39, 0.29) is 5.75 Å². The van der Waals surface area contributed by atoms with Gasteiger partial charge in [0.1, 0.15) is 12.1 Å². The number of rotatable bonds is 4. The predicted octanol–water partition coefficient (Wildman–Crippen LogP) is 3.65. The molecule has 0 saturated carbocycles. The van der Waals surface area contributed by atoms with Crippen molar-refractivity contribution in [2.45, 2.75) is 0 Å². The molecule has 3 aromatic heterocycles. The van der Waals surface area contributed by atoms with Gasteiger partial charge in [-0.25, -0.2) is 24.0 Å². The number of halogens is 1. The highest BCUT2D eigenvalue weighted by atomic mass is 19.1. The van der Waals surface area contributed by atoms with E-state index in [1.165, 1.54) is 19.5 Å². The standard InChI is InChI=1S/C20H14FN7O/c1-29-18-6-13-17(7-14(18)21)23-11-24-20(13)26-12-8-25-28(10-12)19-9-22-15-4-2-3-5-16(15)27-19/h2-11H,1H3,(H,23,24,26). The molecule has 142 valence electrons. The van der Waals surface area contributed by atoms with Gasteiger partial charge >= 0.3 is 0 Å². The molecule has 0 bridgehead atoms. The van der Waals surface area contributed by atoms with E-state index in [1.807, 2.05) is 24.3 Å². The van der Waals surface area contributed by atoms with Crippen molar-refractivity contribution < 1.29 is 9.13 Å². The Kier molecular flexibility index (Phi) is 3.98. The van der Waals surface area contributed by atoms with Crippen molar-refractivity contribution in [3.8, 4) is 11.6 Å². The van der Waals surface area contributed by atoms with Gasteiger partial charge in [-0.2, -0.15) is 5.10 Å². The Hall–Kier alpha value is -4.14. The predicted molar refractivity (Wildman–Crippen MR) is 106 cm³/mol. The van der Waals surface area contributed by atoms with Crippen LogP contribution in [-0.2, 0) is 0 Å². The largest absolute Gasteiger partial charge is 0.494 e. The molecule has 3 heterocycles. The van der Waals surface area contributed by atoms with Gasteiger partial charge in [0.05, 0.1) is 47.9 Å². The van der Waals surface area contributed by atoms with Crippen LogP contribution in [0.25, 0.3) is 27.8 Å². The van der Waals surface area contributed by atoms with Crippen molar-refractivity contribution in [1.29, 1.82) is 0 Å². The lowest BCUT2D eigenvalue weighted by molar-refractivity contribution is 0.387. The molecule has 5 aromatic rings. The van der Waals surface area contributed by atoms with Gasteiger partial charge in [0.15, 0.2) is 17.4 Å². The summed E-state index contributed by atoms with van der Waals surface area (Å²) in [4.78, 5) is 17.4. The molecule has 5 rings (SSSR count). The van der Waals surface area contributed by atoms with Gasteiger partial charge in [-0.15, -0.1) is 0 Å². The molecule has 8 nitrogen and oxygen atoms in total. The highest BCUT2D eigenvalue weighted by Crippen LogP contribution is 2.29. The molecule has 0 atom stereocenters. The lowest BCUT2D eigenvalue weighted by Crippen LogP contribution is -1.99. The minimum Gasteiger partial charge on any atom is -0.494 e. The van der Waals surface area contributed by atoms with Gasteiger partial charge in [0.25, 0.3) is 0 Å². The summed E-state index contributed by atoms with van der Waals surface area (Å²) in [5.74, 6) is 0.746. The molecule has 1 N–H and O–H groups in total. The average Bonchev–Trinajstić information content (AvgIpc) is 3.21. The lowest BCUT2D eigenvalue weighted by Gasteiger charge is -2.08. The number of aromatic nitrogens is 6. The first-order valence-electron chi connectivity index (χ1n) is 8.73. The fourth-order valence-electron chi connectivity index (χ4n) is 3.02. The SMILES string of the molecule is COc1cc2c(Nc3cnn(-c4cnc5ccccc5n4)c3)ncnc2cc1F. The second-order valence-electron chi connectivity index (χ2n) is 6.24. The van der Waals surface area contributed by atoms with Crippen LogP contribution in [-0.4, -0.2) is 36.8 Å². The maximum absolute atomic E-state index is 13.9. The van der Waals surface area contributed by atoms with Crippen LogP contribution in [0.1, 0.15) is 0 Å². The second kappa shape index (κ2) is 6.79. The van der Waals surface area contributed by atoms with Crippen LogP contribution in [0, 0.1) is 5.82 Å². The summed E-state index contributed by atoms with van der Waals surface area (Å²) in [7, 11) is 1.41. The third-order valence-corrected chi connectivity index (χ3v) is 4.42. The lowest BCUT2D eigenvalue weighted by atomic mass is 10.2. The molecule has 0 amide bonds. The van der Waals surface area contributed by atoms with Crippen molar-refractivity contribution in [3.05, 3.63) is 67.1 Å². The summed E-state index contributed by atoms with van der Waals surface area (Å²) in [6, 6.07) is 10.5. The van der Waals surface area contributed by atoms with Crippen molar-refractivity contribution in [2.75, 3.05) is 12.4 Å². The van der Waals surface area contributed by atoms with Gasteiger partial charge in [0, 0.05) is 11.5 Å². The maximum Gasteiger partial charge on any atom is 0.172 e. The van der Waals surface area contributed by atoms with E-state index in [0.717, 1.165) is 11.0 Å². The fraction of sp³-hybridized carbons (Fsp3) is 0.0500. The molecule has 0 spiro atoms.